The molecule has 2 fully saturated rings. The van der Waals surface area contributed by atoms with Crippen molar-refractivity contribution in [3.63, 3.8) is 0 Å². The second-order valence-corrected chi connectivity index (χ2v) is 10.2. The first-order valence-electron chi connectivity index (χ1n) is 8.84. The Labute approximate surface area is 154 Å². The summed E-state index contributed by atoms with van der Waals surface area (Å²) >= 11 is 0. The fourth-order valence-corrected chi connectivity index (χ4v) is 6.60. The standard InChI is InChI=1S/C16H22N4O4S2/c21-25(22)15-7-3-2-6-14(15)16(17-25)18-10-12-20(13-11-18)26(23,24)19-8-4-1-5-9-19/h2-3,6-7H,1,4-5,8-13H2. The Morgan fingerprint density at radius 1 is 0.846 bits per heavy atom. The molecule has 26 heavy (non-hydrogen) atoms. The molecule has 0 atom stereocenters. The number of piperidine rings is 1. The van der Waals surface area contributed by atoms with Crippen LogP contribution in [0.25, 0.3) is 0 Å². The lowest BCUT2D eigenvalue weighted by Gasteiger charge is -2.38. The van der Waals surface area contributed by atoms with E-state index in [1.807, 2.05) is 4.90 Å². The van der Waals surface area contributed by atoms with E-state index in [0.717, 1.165) is 19.3 Å². The zero-order valence-corrected chi connectivity index (χ0v) is 16.0. The molecule has 1 aromatic rings. The van der Waals surface area contributed by atoms with Gasteiger partial charge in [0.2, 0.25) is 0 Å². The lowest BCUT2D eigenvalue weighted by molar-refractivity contribution is 0.241. The van der Waals surface area contributed by atoms with Gasteiger partial charge >= 0.3 is 0 Å². The molecule has 1 aromatic carbocycles. The zero-order valence-electron chi connectivity index (χ0n) is 14.4. The third-order valence-electron chi connectivity index (χ3n) is 5.12. The molecule has 0 aliphatic carbocycles. The second kappa shape index (κ2) is 6.59. The van der Waals surface area contributed by atoms with Crippen molar-refractivity contribution < 1.29 is 16.8 Å². The second-order valence-electron chi connectivity index (χ2n) is 6.74. The Kier molecular flexibility index (Phi) is 4.54. The molecule has 2 saturated heterocycles. The van der Waals surface area contributed by atoms with Gasteiger partial charge in [-0.25, -0.2) is 0 Å². The summed E-state index contributed by atoms with van der Waals surface area (Å²) < 4.78 is 57.0. The molecule has 142 valence electrons. The summed E-state index contributed by atoms with van der Waals surface area (Å²) in [6.45, 7) is 2.69. The van der Waals surface area contributed by atoms with Crippen LogP contribution in [0.2, 0.25) is 0 Å². The molecule has 0 aromatic heterocycles. The quantitative estimate of drug-likeness (QED) is 0.723. The summed E-state index contributed by atoms with van der Waals surface area (Å²) in [5.41, 5.74) is 0.597. The predicted octanol–water partition coefficient (Wildman–Crippen LogP) is 0.484. The van der Waals surface area contributed by atoms with Crippen LogP contribution in [0.3, 0.4) is 0 Å². The van der Waals surface area contributed by atoms with Gasteiger partial charge in [0.15, 0.2) is 5.84 Å². The van der Waals surface area contributed by atoms with Crippen LogP contribution in [-0.4, -0.2) is 75.5 Å². The van der Waals surface area contributed by atoms with Gasteiger partial charge in [0.05, 0.1) is 0 Å². The number of sulfonamides is 1. The number of hydrogen-bond acceptors (Lipinski definition) is 5. The van der Waals surface area contributed by atoms with Crippen LogP contribution < -0.4 is 0 Å². The van der Waals surface area contributed by atoms with E-state index in [2.05, 4.69) is 4.40 Å². The summed E-state index contributed by atoms with van der Waals surface area (Å²) in [6, 6.07) is 6.76. The highest BCUT2D eigenvalue weighted by atomic mass is 32.2. The van der Waals surface area contributed by atoms with E-state index in [0.29, 0.717) is 50.7 Å². The smallest absolute Gasteiger partial charge is 0.285 e. The number of rotatable bonds is 2. The van der Waals surface area contributed by atoms with Gasteiger partial charge in [0.25, 0.3) is 20.2 Å². The maximum Gasteiger partial charge on any atom is 0.285 e. The van der Waals surface area contributed by atoms with Gasteiger partial charge in [-0.05, 0) is 25.0 Å². The Bertz CT molecular complexity index is 929. The van der Waals surface area contributed by atoms with E-state index in [9.17, 15) is 16.8 Å². The van der Waals surface area contributed by atoms with E-state index in [-0.39, 0.29) is 4.90 Å². The minimum absolute atomic E-state index is 0.221. The molecule has 0 amide bonds. The van der Waals surface area contributed by atoms with Gasteiger partial charge in [0.1, 0.15) is 4.90 Å². The maximum absolute atomic E-state index is 12.8. The molecular weight excluding hydrogens is 376 g/mol. The van der Waals surface area contributed by atoms with Crippen molar-refractivity contribution in [3.05, 3.63) is 29.8 Å². The molecule has 8 nitrogen and oxygen atoms in total. The molecule has 0 radical (unpaired) electrons. The predicted molar refractivity (Wildman–Crippen MR) is 97.7 cm³/mol. The first-order valence-corrected chi connectivity index (χ1v) is 11.7. The highest BCUT2D eigenvalue weighted by Gasteiger charge is 2.36. The zero-order chi connectivity index (χ0) is 18.4. The fourth-order valence-electron chi connectivity index (χ4n) is 3.71. The summed E-state index contributed by atoms with van der Waals surface area (Å²) in [7, 11) is -7.09. The Morgan fingerprint density at radius 3 is 2.15 bits per heavy atom. The Balaban J connectivity index is 1.49. The highest BCUT2D eigenvalue weighted by Crippen LogP contribution is 2.28. The van der Waals surface area contributed by atoms with Gasteiger partial charge in [-0.3, -0.25) is 0 Å². The van der Waals surface area contributed by atoms with Gasteiger partial charge in [-0.2, -0.15) is 25.4 Å². The number of hydrogen-bond donors (Lipinski definition) is 0. The van der Waals surface area contributed by atoms with Crippen molar-refractivity contribution in [2.75, 3.05) is 39.3 Å². The third-order valence-corrected chi connectivity index (χ3v) is 8.48. The molecular formula is C16H22N4O4S2. The van der Waals surface area contributed by atoms with Gasteiger partial charge in [-0.1, -0.05) is 18.6 Å². The van der Waals surface area contributed by atoms with Crippen LogP contribution in [0.1, 0.15) is 24.8 Å². The average Bonchev–Trinajstić information content (AvgIpc) is 2.94. The number of nitrogens with zero attached hydrogens (tertiary/aromatic N) is 4. The summed E-state index contributed by atoms with van der Waals surface area (Å²) in [5.74, 6) is 0.427. The van der Waals surface area contributed by atoms with Gasteiger partial charge < -0.3 is 4.90 Å². The number of benzene rings is 1. The fraction of sp³-hybridized carbons (Fsp3) is 0.562. The monoisotopic (exact) mass is 398 g/mol. The molecule has 3 heterocycles. The lowest BCUT2D eigenvalue weighted by atomic mass is 10.2. The van der Waals surface area contributed by atoms with Crippen molar-refractivity contribution in [2.45, 2.75) is 24.2 Å². The maximum atomic E-state index is 12.8. The molecule has 0 unspecified atom stereocenters. The van der Waals surface area contributed by atoms with E-state index in [1.54, 1.807) is 28.6 Å². The number of fused-ring (bicyclic) bond motifs is 1. The summed E-state index contributed by atoms with van der Waals surface area (Å²) in [5, 5.41) is 0. The molecule has 0 N–H and O–H groups in total. The molecule has 3 aliphatic heterocycles. The van der Waals surface area contributed by atoms with Crippen LogP contribution in [-0.2, 0) is 20.2 Å². The van der Waals surface area contributed by atoms with Crippen LogP contribution in [0, 0.1) is 0 Å². The van der Waals surface area contributed by atoms with Crippen LogP contribution in [0.5, 0.6) is 0 Å². The van der Waals surface area contributed by atoms with E-state index < -0.39 is 20.2 Å². The van der Waals surface area contributed by atoms with Gasteiger partial charge in [-0.15, -0.1) is 4.40 Å². The van der Waals surface area contributed by atoms with Crippen LogP contribution in [0.15, 0.2) is 33.6 Å². The molecule has 0 saturated carbocycles. The average molecular weight is 399 g/mol. The first-order chi connectivity index (χ1) is 12.4. The van der Waals surface area contributed by atoms with Crippen molar-refractivity contribution in [3.8, 4) is 0 Å². The third kappa shape index (κ3) is 3.04. The molecule has 0 bridgehead atoms. The van der Waals surface area contributed by atoms with Crippen molar-refractivity contribution >= 4 is 26.1 Å². The number of piperazine rings is 1. The Morgan fingerprint density at radius 2 is 1.46 bits per heavy atom. The van der Waals surface area contributed by atoms with Crippen LogP contribution in [0.4, 0.5) is 0 Å². The van der Waals surface area contributed by atoms with Gasteiger partial charge in [0, 0.05) is 44.8 Å². The summed E-state index contributed by atoms with van der Waals surface area (Å²) in [4.78, 5) is 2.09. The molecule has 10 heteroatoms. The van der Waals surface area contributed by atoms with Crippen molar-refractivity contribution in [2.24, 2.45) is 4.40 Å². The summed E-state index contributed by atoms with van der Waals surface area (Å²) in [6.07, 6.45) is 2.89. The van der Waals surface area contributed by atoms with E-state index in [1.165, 1.54) is 4.31 Å². The minimum Gasteiger partial charge on any atom is -0.353 e. The molecule has 3 aliphatic rings. The van der Waals surface area contributed by atoms with Crippen LogP contribution >= 0.6 is 0 Å². The number of amidine groups is 1. The van der Waals surface area contributed by atoms with Crippen molar-refractivity contribution in [1.82, 2.24) is 13.5 Å². The van der Waals surface area contributed by atoms with Crippen molar-refractivity contribution in [1.29, 1.82) is 0 Å². The molecule has 4 rings (SSSR count). The Hall–Kier alpha value is -1.49. The highest BCUT2D eigenvalue weighted by molar-refractivity contribution is 7.90. The van der Waals surface area contributed by atoms with E-state index >= 15 is 0 Å². The largest absolute Gasteiger partial charge is 0.353 e. The first kappa shape index (κ1) is 17.9. The topological polar surface area (TPSA) is 90.4 Å². The molecule has 0 spiro atoms. The van der Waals surface area contributed by atoms with E-state index in [4.69, 9.17) is 0 Å². The SMILES string of the molecule is O=S1(=O)N=C(N2CCN(S(=O)(=O)N3CCCCC3)CC2)c2ccccc21. The lowest BCUT2D eigenvalue weighted by Crippen LogP contribution is -2.54. The minimum atomic E-state index is -3.66. The normalized spacial score (nSPS) is 24.3.